The molecular weight excluding hydrogens is 304 g/mol. The highest BCUT2D eigenvalue weighted by Crippen LogP contribution is 2.36. The Labute approximate surface area is 130 Å². The highest BCUT2D eigenvalue weighted by atomic mass is 32.2. The van der Waals surface area contributed by atoms with Crippen LogP contribution in [0.15, 0.2) is 47.4 Å². The van der Waals surface area contributed by atoms with Crippen LogP contribution in [0.25, 0.3) is 0 Å². The lowest BCUT2D eigenvalue weighted by Gasteiger charge is -2.15. The molecule has 0 radical (unpaired) electrons. The predicted octanol–water partition coefficient (Wildman–Crippen LogP) is 2.69. The average molecular weight is 322 g/mol. The van der Waals surface area contributed by atoms with Gasteiger partial charge in [0.1, 0.15) is 17.2 Å². The Hall–Kier alpha value is -2.21. The van der Waals surface area contributed by atoms with Crippen LogP contribution in [0, 0.1) is 0 Å². The third kappa shape index (κ3) is 3.33. The Kier molecular flexibility index (Phi) is 4.92. The fraction of sp³-hybridized carbons (Fsp3) is 0.250. The number of rotatable bonds is 6. The van der Waals surface area contributed by atoms with Gasteiger partial charge in [0.15, 0.2) is 9.84 Å². The summed E-state index contributed by atoms with van der Waals surface area (Å²) in [4.78, 5) is 0.259. The molecule has 0 aliphatic carbocycles. The topological polar surface area (TPSA) is 61.8 Å². The Morgan fingerprint density at radius 2 is 1.41 bits per heavy atom. The maximum absolute atomic E-state index is 12.5. The van der Waals surface area contributed by atoms with Gasteiger partial charge in [-0.3, -0.25) is 0 Å². The van der Waals surface area contributed by atoms with E-state index in [0.717, 1.165) is 0 Å². The maximum atomic E-state index is 12.5. The van der Waals surface area contributed by atoms with Gasteiger partial charge >= 0.3 is 0 Å². The fourth-order valence-electron chi connectivity index (χ4n) is 2.12. The van der Waals surface area contributed by atoms with Crippen LogP contribution in [-0.2, 0) is 15.6 Å². The van der Waals surface area contributed by atoms with Gasteiger partial charge in [-0.05, 0) is 12.1 Å². The molecule has 0 N–H and O–H groups in total. The number of methoxy groups -OCH3 is 3. The zero-order valence-electron chi connectivity index (χ0n) is 12.7. The van der Waals surface area contributed by atoms with Crippen LogP contribution in [0.2, 0.25) is 0 Å². The third-order valence-corrected chi connectivity index (χ3v) is 4.91. The molecule has 0 aliphatic rings. The molecule has 0 heterocycles. The van der Waals surface area contributed by atoms with Crippen molar-refractivity contribution in [3.63, 3.8) is 0 Å². The van der Waals surface area contributed by atoms with Crippen LogP contribution in [0.5, 0.6) is 17.2 Å². The second kappa shape index (κ2) is 6.70. The van der Waals surface area contributed by atoms with Crippen molar-refractivity contribution in [1.29, 1.82) is 0 Å². The van der Waals surface area contributed by atoms with E-state index in [-0.39, 0.29) is 10.6 Å². The van der Waals surface area contributed by atoms with Gasteiger partial charge in [0, 0.05) is 12.1 Å². The van der Waals surface area contributed by atoms with Crippen LogP contribution in [0.3, 0.4) is 0 Å². The van der Waals surface area contributed by atoms with Crippen LogP contribution >= 0.6 is 0 Å². The molecule has 22 heavy (non-hydrogen) atoms. The third-order valence-electron chi connectivity index (χ3n) is 3.25. The van der Waals surface area contributed by atoms with E-state index >= 15 is 0 Å². The van der Waals surface area contributed by atoms with Crippen molar-refractivity contribution in [3.05, 3.63) is 48.0 Å². The normalized spacial score (nSPS) is 11.0. The van der Waals surface area contributed by atoms with Gasteiger partial charge in [-0.15, -0.1) is 0 Å². The summed E-state index contributed by atoms with van der Waals surface area (Å²) in [6.45, 7) is 0. The van der Waals surface area contributed by atoms with Gasteiger partial charge in [-0.25, -0.2) is 8.42 Å². The minimum absolute atomic E-state index is 0.215. The zero-order chi connectivity index (χ0) is 16.2. The molecule has 2 aromatic rings. The lowest BCUT2D eigenvalue weighted by atomic mass is 10.2. The van der Waals surface area contributed by atoms with Crippen molar-refractivity contribution in [2.24, 2.45) is 0 Å². The first kappa shape index (κ1) is 16.2. The first-order chi connectivity index (χ1) is 10.5. The molecular formula is C16H18O5S. The highest BCUT2D eigenvalue weighted by Gasteiger charge is 2.22. The lowest BCUT2D eigenvalue weighted by molar-refractivity contribution is 0.370. The summed E-state index contributed by atoms with van der Waals surface area (Å²) in [6, 6.07) is 11.6. The standard InChI is InChI=1S/C16H18O5S/c1-19-12-9-15(20-2)14(16(10-12)21-3)11-22(17,18)13-7-5-4-6-8-13/h4-10H,11H2,1-3H3. The van der Waals surface area contributed by atoms with Gasteiger partial charge in [-0.1, -0.05) is 18.2 Å². The summed E-state index contributed by atoms with van der Waals surface area (Å²) in [5.74, 6) is 1.15. The van der Waals surface area contributed by atoms with E-state index in [9.17, 15) is 8.42 Å². The second-order valence-electron chi connectivity index (χ2n) is 4.58. The first-order valence-electron chi connectivity index (χ1n) is 6.58. The van der Waals surface area contributed by atoms with Crippen molar-refractivity contribution < 1.29 is 22.6 Å². The molecule has 0 unspecified atom stereocenters. The van der Waals surface area contributed by atoms with E-state index in [1.807, 2.05) is 0 Å². The fourth-order valence-corrected chi connectivity index (χ4v) is 3.52. The molecule has 2 aromatic carbocycles. The molecule has 6 heteroatoms. The Morgan fingerprint density at radius 3 is 1.86 bits per heavy atom. The molecule has 0 atom stereocenters. The molecule has 5 nitrogen and oxygen atoms in total. The maximum Gasteiger partial charge on any atom is 0.182 e. The summed E-state index contributed by atoms with van der Waals surface area (Å²) in [5, 5.41) is 0. The van der Waals surface area contributed by atoms with Crippen molar-refractivity contribution in [2.45, 2.75) is 10.6 Å². The summed E-state index contributed by atoms with van der Waals surface area (Å²) in [7, 11) is 0.982. The molecule has 118 valence electrons. The van der Waals surface area contributed by atoms with E-state index in [1.54, 1.807) is 42.5 Å². The SMILES string of the molecule is COc1cc(OC)c(CS(=O)(=O)c2ccccc2)c(OC)c1. The molecule has 0 saturated heterocycles. The molecule has 0 saturated carbocycles. The van der Waals surface area contributed by atoms with E-state index < -0.39 is 9.84 Å². The number of hydrogen-bond acceptors (Lipinski definition) is 5. The Bertz CT molecular complexity index is 713. The second-order valence-corrected chi connectivity index (χ2v) is 6.57. The largest absolute Gasteiger partial charge is 0.496 e. The minimum atomic E-state index is -3.50. The molecule has 0 aromatic heterocycles. The van der Waals surface area contributed by atoms with Crippen molar-refractivity contribution in [2.75, 3.05) is 21.3 Å². The van der Waals surface area contributed by atoms with Crippen LogP contribution in [0.1, 0.15) is 5.56 Å². The van der Waals surface area contributed by atoms with Gasteiger partial charge in [0.25, 0.3) is 0 Å². The van der Waals surface area contributed by atoms with Crippen LogP contribution in [-0.4, -0.2) is 29.7 Å². The van der Waals surface area contributed by atoms with E-state index in [0.29, 0.717) is 22.8 Å². The Balaban J connectivity index is 2.49. The smallest absolute Gasteiger partial charge is 0.182 e. The lowest BCUT2D eigenvalue weighted by Crippen LogP contribution is -2.08. The zero-order valence-corrected chi connectivity index (χ0v) is 13.5. The quantitative estimate of drug-likeness (QED) is 0.818. The van der Waals surface area contributed by atoms with E-state index in [2.05, 4.69) is 0 Å². The molecule has 2 rings (SSSR count). The van der Waals surface area contributed by atoms with Crippen LogP contribution in [0.4, 0.5) is 0 Å². The summed E-state index contributed by atoms with van der Waals surface area (Å²) >= 11 is 0. The van der Waals surface area contributed by atoms with E-state index in [1.165, 1.54) is 21.3 Å². The van der Waals surface area contributed by atoms with Crippen molar-refractivity contribution in [3.8, 4) is 17.2 Å². The average Bonchev–Trinajstić information content (AvgIpc) is 2.55. The summed E-state index contributed by atoms with van der Waals surface area (Å²) in [5.41, 5.74) is 0.467. The molecule has 0 fully saturated rings. The van der Waals surface area contributed by atoms with Gasteiger partial charge in [0.2, 0.25) is 0 Å². The number of benzene rings is 2. The monoisotopic (exact) mass is 322 g/mol. The highest BCUT2D eigenvalue weighted by molar-refractivity contribution is 7.90. The minimum Gasteiger partial charge on any atom is -0.496 e. The molecule has 0 spiro atoms. The van der Waals surface area contributed by atoms with E-state index in [4.69, 9.17) is 14.2 Å². The van der Waals surface area contributed by atoms with Crippen molar-refractivity contribution >= 4 is 9.84 Å². The number of sulfone groups is 1. The summed E-state index contributed by atoms with van der Waals surface area (Å²) < 4.78 is 40.8. The first-order valence-corrected chi connectivity index (χ1v) is 8.23. The molecule has 0 aliphatic heterocycles. The Morgan fingerprint density at radius 1 is 0.864 bits per heavy atom. The van der Waals surface area contributed by atoms with Gasteiger partial charge < -0.3 is 14.2 Å². The van der Waals surface area contributed by atoms with Gasteiger partial charge in [-0.2, -0.15) is 0 Å². The summed E-state index contributed by atoms with van der Waals surface area (Å²) in [6.07, 6.45) is 0. The number of ether oxygens (including phenoxy) is 3. The predicted molar refractivity (Wildman–Crippen MR) is 83.4 cm³/mol. The molecule has 0 bridgehead atoms. The van der Waals surface area contributed by atoms with Gasteiger partial charge in [0.05, 0.1) is 37.5 Å². The number of hydrogen-bond donors (Lipinski definition) is 0. The van der Waals surface area contributed by atoms with Crippen molar-refractivity contribution in [1.82, 2.24) is 0 Å². The molecule has 0 amide bonds. The van der Waals surface area contributed by atoms with Crippen LogP contribution < -0.4 is 14.2 Å².